The number of thiophene rings is 1. The van der Waals surface area contributed by atoms with Gasteiger partial charge in [0.2, 0.25) is 0 Å². The van der Waals surface area contributed by atoms with Gasteiger partial charge in [0.05, 0.1) is 3.79 Å². The third kappa shape index (κ3) is 3.54. The molecule has 0 aliphatic rings. The van der Waals surface area contributed by atoms with E-state index in [1.807, 2.05) is 12.1 Å². The highest BCUT2D eigenvalue weighted by Crippen LogP contribution is 2.25. The minimum Gasteiger partial charge on any atom is -0.488 e. The third-order valence-electron chi connectivity index (χ3n) is 2.43. The van der Waals surface area contributed by atoms with Gasteiger partial charge in [0.1, 0.15) is 18.2 Å². The number of hydrogen-bond acceptors (Lipinski definition) is 3. The van der Waals surface area contributed by atoms with Crippen LogP contribution in [0.25, 0.3) is 0 Å². The van der Waals surface area contributed by atoms with Crippen molar-refractivity contribution in [2.45, 2.75) is 13.0 Å². The summed E-state index contributed by atoms with van der Waals surface area (Å²) in [4.78, 5) is 1.12. The average molecular weight is 330 g/mol. The summed E-state index contributed by atoms with van der Waals surface area (Å²) in [6.07, 6.45) is 0.612. The van der Waals surface area contributed by atoms with Crippen LogP contribution in [-0.4, -0.2) is 6.54 Å². The monoisotopic (exact) mass is 329 g/mol. The van der Waals surface area contributed by atoms with Crippen molar-refractivity contribution in [3.63, 3.8) is 0 Å². The van der Waals surface area contributed by atoms with E-state index >= 15 is 0 Å². The number of halogens is 2. The van der Waals surface area contributed by atoms with Gasteiger partial charge in [-0.05, 0) is 64.8 Å². The Hall–Kier alpha value is -0.910. The number of benzene rings is 1. The molecule has 0 saturated heterocycles. The van der Waals surface area contributed by atoms with Crippen LogP contribution in [-0.2, 0) is 13.0 Å². The van der Waals surface area contributed by atoms with Crippen LogP contribution in [0.5, 0.6) is 5.75 Å². The van der Waals surface area contributed by atoms with E-state index in [0.29, 0.717) is 25.3 Å². The lowest BCUT2D eigenvalue weighted by atomic mass is 10.1. The third-order valence-corrected chi connectivity index (χ3v) is 4.03. The fourth-order valence-corrected chi connectivity index (χ4v) is 3.01. The van der Waals surface area contributed by atoms with Crippen LogP contribution in [0.1, 0.15) is 10.4 Å². The zero-order chi connectivity index (χ0) is 13.0. The van der Waals surface area contributed by atoms with Crippen molar-refractivity contribution in [1.82, 2.24) is 0 Å². The van der Waals surface area contributed by atoms with Crippen LogP contribution in [0.2, 0.25) is 0 Å². The molecule has 1 heterocycles. The fourth-order valence-electron chi connectivity index (χ4n) is 1.62. The van der Waals surface area contributed by atoms with Crippen molar-refractivity contribution in [2.75, 3.05) is 6.54 Å². The number of nitrogens with two attached hydrogens (primary N) is 1. The normalized spacial score (nSPS) is 10.6. The molecular weight excluding hydrogens is 317 g/mol. The second-order valence-electron chi connectivity index (χ2n) is 3.79. The first-order valence-electron chi connectivity index (χ1n) is 5.54. The van der Waals surface area contributed by atoms with Gasteiger partial charge in [0, 0.05) is 4.88 Å². The highest BCUT2D eigenvalue weighted by atomic mass is 79.9. The first kappa shape index (κ1) is 13.5. The maximum Gasteiger partial charge on any atom is 0.123 e. The molecule has 0 aliphatic carbocycles. The smallest absolute Gasteiger partial charge is 0.123 e. The van der Waals surface area contributed by atoms with Crippen LogP contribution >= 0.6 is 27.3 Å². The highest BCUT2D eigenvalue weighted by Gasteiger charge is 2.06. The molecule has 5 heteroatoms. The summed E-state index contributed by atoms with van der Waals surface area (Å²) < 4.78 is 19.9. The van der Waals surface area contributed by atoms with Gasteiger partial charge < -0.3 is 10.5 Å². The second-order valence-corrected chi connectivity index (χ2v) is 6.33. The molecule has 0 spiro atoms. The summed E-state index contributed by atoms with van der Waals surface area (Å²) in [5.41, 5.74) is 6.32. The van der Waals surface area contributed by atoms with E-state index < -0.39 is 0 Å². The SMILES string of the molecule is NCCc1cc(F)ccc1OCc1ccc(Br)s1. The first-order valence-corrected chi connectivity index (χ1v) is 7.15. The van der Waals surface area contributed by atoms with Crippen LogP contribution in [0.15, 0.2) is 34.1 Å². The summed E-state index contributed by atoms with van der Waals surface area (Å²) >= 11 is 5.03. The minimum atomic E-state index is -0.260. The molecule has 96 valence electrons. The largest absolute Gasteiger partial charge is 0.488 e. The van der Waals surface area contributed by atoms with E-state index in [1.54, 1.807) is 17.4 Å². The lowest BCUT2D eigenvalue weighted by Crippen LogP contribution is -2.05. The van der Waals surface area contributed by atoms with E-state index in [0.717, 1.165) is 14.2 Å². The lowest BCUT2D eigenvalue weighted by molar-refractivity contribution is 0.306. The molecule has 0 unspecified atom stereocenters. The van der Waals surface area contributed by atoms with Crippen molar-refractivity contribution >= 4 is 27.3 Å². The quantitative estimate of drug-likeness (QED) is 0.907. The van der Waals surface area contributed by atoms with Crippen molar-refractivity contribution in [3.8, 4) is 5.75 Å². The summed E-state index contributed by atoms with van der Waals surface area (Å²) in [5.74, 6) is 0.441. The van der Waals surface area contributed by atoms with E-state index in [1.165, 1.54) is 12.1 Å². The molecule has 18 heavy (non-hydrogen) atoms. The van der Waals surface area contributed by atoms with Crippen LogP contribution < -0.4 is 10.5 Å². The van der Waals surface area contributed by atoms with Crippen molar-refractivity contribution < 1.29 is 9.13 Å². The Balaban J connectivity index is 2.08. The Morgan fingerprint density at radius 2 is 2.11 bits per heavy atom. The van der Waals surface area contributed by atoms with E-state index in [9.17, 15) is 4.39 Å². The minimum absolute atomic E-state index is 0.260. The van der Waals surface area contributed by atoms with Gasteiger partial charge in [-0.2, -0.15) is 0 Å². The molecule has 0 atom stereocenters. The summed E-state index contributed by atoms with van der Waals surface area (Å²) in [7, 11) is 0. The van der Waals surface area contributed by atoms with Gasteiger partial charge in [-0.25, -0.2) is 4.39 Å². The van der Waals surface area contributed by atoms with Crippen molar-refractivity contribution in [3.05, 3.63) is 50.4 Å². The van der Waals surface area contributed by atoms with E-state index in [4.69, 9.17) is 10.5 Å². The zero-order valence-corrected chi connectivity index (χ0v) is 12.1. The fraction of sp³-hybridized carbons (Fsp3) is 0.231. The van der Waals surface area contributed by atoms with Gasteiger partial charge >= 0.3 is 0 Å². The standard InChI is InChI=1S/C13H13BrFNOS/c14-13-4-2-11(18-13)8-17-12-3-1-10(15)7-9(12)5-6-16/h1-4,7H,5-6,8,16H2. The maximum absolute atomic E-state index is 13.1. The van der Waals surface area contributed by atoms with E-state index in [2.05, 4.69) is 15.9 Å². The van der Waals surface area contributed by atoms with Gasteiger partial charge in [-0.1, -0.05) is 0 Å². The molecule has 2 N–H and O–H groups in total. The molecule has 2 aromatic rings. The first-order chi connectivity index (χ1) is 8.69. The molecule has 0 fully saturated rings. The number of rotatable bonds is 5. The van der Waals surface area contributed by atoms with Crippen molar-refractivity contribution in [2.24, 2.45) is 5.73 Å². The average Bonchev–Trinajstić information content (AvgIpc) is 2.75. The molecule has 0 amide bonds. The van der Waals surface area contributed by atoms with Gasteiger partial charge in [0.25, 0.3) is 0 Å². The molecule has 1 aromatic carbocycles. The van der Waals surface area contributed by atoms with Crippen molar-refractivity contribution in [1.29, 1.82) is 0 Å². The molecule has 1 aromatic heterocycles. The molecule has 0 radical (unpaired) electrons. The Labute approximate surface area is 118 Å². The predicted molar refractivity (Wildman–Crippen MR) is 75.5 cm³/mol. The molecule has 0 aliphatic heterocycles. The van der Waals surface area contributed by atoms with Gasteiger partial charge in [-0.3, -0.25) is 0 Å². The highest BCUT2D eigenvalue weighted by molar-refractivity contribution is 9.11. The molecule has 2 rings (SSSR count). The maximum atomic E-state index is 13.1. The predicted octanol–water partition coefficient (Wildman–Crippen LogP) is 3.73. The molecule has 0 saturated carbocycles. The Morgan fingerprint density at radius 1 is 1.28 bits per heavy atom. The summed E-state index contributed by atoms with van der Waals surface area (Å²) in [5, 5.41) is 0. The van der Waals surface area contributed by atoms with Crippen LogP contribution in [0, 0.1) is 5.82 Å². The Bertz CT molecular complexity index is 529. The van der Waals surface area contributed by atoms with Crippen LogP contribution in [0.3, 0.4) is 0 Å². The molecule has 2 nitrogen and oxygen atoms in total. The number of ether oxygens (including phenoxy) is 1. The molecular formula is C13H13BrFNOS. The van der Waals surface area contributed by atoms with Crippen LogP contribution in [0.4, 0.5) is 4.39 Å². The Kier molecular flexibility index (Phi) is 4.74. The second kappa shape index (κ2) is 6.31. The van der Waals surface area contributed by atoms with Gasteiger partial charge in [-0.15, -0.1) is 11.3 Å². The summed E-state index contributed by atoms with van der Waals surface area (Å²) in [6, 6.07) is 8.52. The molecule has 0 bridgehead atoms. The van der Waals surface area contributed by atoms with E-state index in [-0.39, 0.29) is 5.82 Å². The summed E-state index contributed by atoms with van der Waals surface area (Å²) in [6.45, 7) is 0.962. The zero-order valence-electron chi connectivity index (χ0n) is 9.66. The number of hydrogen-bond donors (Lipinski definition) is 1. The van der Waals surface area contributed by atoms with Gasteiger partial charge in [0.15, 0.2) is 0 Å². The topological polar surface area (TPSA) is 35.2 Å². The Morgan fingerprint density at radius 3 is 2.78 bits per heavy atom. The lowest BCUT2D eigenvalue weighted by Gasteiger charge is -2.10.